The van der Waals surface area contributed by atoms with Gasteiger partial charge in [0.25, 0.3) is 0 Å². The van der Waals surface area contributed by atoms with Crippen LogP contribution in [0.15, 0.2) is 71.8 Å². The third-order valence-corrected chi connectivity index (χ3v) is 6.47. The second-order valence-electron chi connectivity index (χ2n) is 8.03. The molecule has 2 aromatic rings. The second kappa shape index (κ2) is 5.78. The van der Waals surface area contributed by atoms with Crippen molar-refractivity contribution in [1.29, 1.82) is 0 Å². The Morgan fingerprint density at radius 1 is 0.889 bits per heavy atom. The molecule has 2 fully saturated rings. The van der Waals surface area contributed by atoms with E-state index in [4.69, 9.17) is 21.1 Å². The number of halogens is 1. The van der Waals surface area contributed by atoms with Gasteiger partial charge in [-0.25, -0.2) is 0 Å². The molecule has 2 unspecified atom stereocenters. The molecule has 3 nitrogen and oxygen atoms in total. The van der Waals surface area contributed by atoms with Gasteiger partial charge in [-0.3, -0.25) is 4.79 Å². The molecule has 0 spiro atoms. The topological polar surface area (TPSA) is 35.5 Å². The number of ketones is 1. The Labute approximate surface area is 163 Å². The third-order valence-electron chi connectivity index (χ3n) is 6.13. The lowest BCUT2D eigenvalue weighted by atomic mass is 9.45. The Morgan fingerprint density at radius 2 is 1.44 bits per heavy atom. The van der Waals surface area contributed by atoms with Crippen molar-refractivity contribution in [2.24, 2.45) is 11.8 Å². The summed E-state index contributed by atoms with van der Waals surface area (Å²) in [5.74, 6) is -0.863. The smallest absolute Gasteiger partial charge is 0.164 e. The quantitative estimate of drug-likeness (QED) is 0.772. The fourth-order valence-electron chi connectivity index (χ4n) is 5.12. The van der Waals surface area contributed by atoms with E-state index in [2.05, 4.69) is 0 Å². The lowest BCUT2D eigenvalue weighted by Gasteiger charge is -2.56. The fourth-order valence-corrected chi connectivity index (χ4v) is 5.42. The number of carbonyl (C=O) groups is 1. The molecule has 1 saturated carbocycles. The van der Waals surface area contributed by atoms with E-state index in [9.17, 15) is 4.79 Å². The molecule has 0 radical (unpaired) electrons. The van der Waals surface area contributed by atoms with Crippen LogP contribution in [-0.2, 0) is 19.7 Å². The van der Waals surface area contributed by atoms with E-state index in [1.54, 1.807) is 0 Å². The van der Waals surface area contributed by atoms with Gasteiger partial charge in [-0.1, -0.05) is 78.3 Å². The van der Waals surface area contributed by atoms with Crippen molar-refractivity contribution >= 4 is 17.4 Å². The van der Waals surface area contributed by atoms with E-state index in [0.717, 1.165) is 11.1 Å². The Hall–Kier alpha value is -1.94. The second-order valence-corrected chi connectivity index (χ2v) is 8.46. The normalized spacial score (nSPS) is 32.9. The van der Waals surface area contributed by atoms with Gasteiger partial charge in [-0.15, -0.1) is 0 Å². The number of hydrogen-bond donors (Lipinski definition) is 0. The van der Waals surface area contributed by atoms with Crippen LogP contribution in [0.2, 0.25) is 0 Å². The largest absolute Gasteiger partial charge is 0.343 e. The first-order chi connectivity index (χ1) is 12.9. The maximum atomic E-state index is 13.8. The zero-order chi connectivity index (χ0) is 18.8. The summed E-state index contributed by atoms with van der Waals surface area (Å²) >= 11 is 6.63. The summed E-state index contributed by atoms with van der Waals surface area (Å²) in [6.07, 6.45) is 1.33. The zero-order valence-corrected chi connectivity index (χ0v) is 16.0. The van der Waals surface area contributed by atoms with E-state index in [1.165, 1.54) is 0 Å². The third kappa shape index (κ3) is 2.25. The molecular weight excluding hydrogens is 360 g/mol. The van der Waals surface area contributed by atoms with Gasteiger partial charge in [-0.05, 0) is 25.0 Å². The van der Waals surface area contributed by atoms with Gasteiger partial charge in [0.15, 0.2) is 11.6 Å². The van der Waals surface area contributed by atoms with Gasteiger partial charge in [0, 0.05) is 11.0 Å². The number of allylic oxidation sites excluding steroid dienone is 1. The summed E-state index contributed by atoms with van der Waals surface area (Å²) < 4.78 is 12.1. The van der Waals surface area contributed by atoms with Crippen LogP contribution < -0.4 is 0 Å². The number of fused-ring (bicyclic) bond motifs is 3. The lowest BCUT2D eigenvalue weighted by Crippen LogP contribution is -2.67. The van der Waals surface area contributed by atoms with E-state index >= 15 is 0 Å². The van der Waals surface area contributed by atoms with Crippen LogP contribution in [0.5, 0.6) is 0 Å². The number of ether oxygens (including phenoxy) is 2. The maximum absolute atomic E-state index is 13.8. The molecule has 1 saturated heterocycles. The lowest BCUT2D eigenvalue weighted by molar-refractivity contribution is -0.166. The molecular formula is C23H21ClO3. The molecule has 4 atom stereocenters. The minimum atomic E-state index is -0.740. The average molecular weight is 381 g/mol. The number of hydrogen-bond acceptors (Lipinski definition) is 3. The minimum absolute atomic E-state index is 0.0546. The Kier molecular flexibility index (Phi) is 3.68. The molecule has 0 bridgehead atoms. The van der Waals surface area contributed by atoms with Crippen molar-refractivity contribution in [2.45, 2.75) is 37.3 Å². The van der Waals surface area contributed by atoms with E-state index in [1.807, 2.05) is 80.6 Å². The molecule has 5 rings (SSSR count). The molecule has 1 aliphatic heterocycles. The zero-order valence-electron chi connectivity index (χ0n) is 15.3. The molecule has 0 amide bonds. The monoisotopic (exact) mass is 380 g/mol. The molecule has 0 N–H and O–H groups in total. The van der Waals surface area contributed by atoms with Crippen molar-refractivity contribution in [3.63, 3.8) is 0 Å². The number of benzene rings is 2. The molecule has 4 heteroatoms. The summed E-state index contributed by atoms with van der Waals surface area (Å²) in [6.45, 7) is 3.74. The SMILES string of the molecule is CC1(C)O[C@@H]2C(Cl)=CC3C(C(=O)C3(c3ccccc3)c3ccccc3)[C@@H]2O1. The Bertz CT molecular complexity index is 880. The summed E-state index contributed by atoms with van der Waals surface area (Å²) in [5, 5.41) is 0.635. The number of rotatable bonds is 2. The van der Waals surface area contributed by atoms with Crippen molar-refractivity contribution in [3.8, 4) is 0 Å². The van der Waals surface area contributed by atoms with E-state index in [0.29, 0.717) is 5.03 Å². The number of carbonyl (C=O) groups excluding carboxylic acids is 1. The first kappa shape index (κ1) is 17.2. The average Bonchev–Trinajstić information content (AvgIpc) is 2.99. The first-order valence-corrected chi connectivity index (χ1v) is 9.71. The predicted molar refractivity (Wildman–Crippen MR) is 103 cm³/mol. The molecule has 138 valence electrons. The van der Waals surface area contributed by atoms with Gasteiger partial charge in [-0.2, -0.15) is 0 Å². The Morgan fingerprint density at radius 3 is 2.00 bits per heavy atom. The molecule has 3 aliphatic rings. The van der Waals surface area contributed by atoms with Crippen LogP contribution in [0.25, 0.3) is 0 Å². The summed E-state index contributed by atoms with van der Waals surface area (Å²) in [5.41, 5.74) is 1.27. The van der Waals surface area contributed by atoms with Crippen LogP contribution in [-0.4, -0.2) is 23.8 Å². The summed E-state index contributed by atoms with van der Waals surface area (Å²) in [4.78, 5) is 13.8. The number of Topliss-reactive ketones (excluding diaryl/α,β-unsaturated/α-hetero) is 1. The first-order valence-electron chi connectivity index (χ1n) is 9.33. The van der Waals surface area contributed by atoms with E-state index in [-0.39, 0.29) is 29.8 Å². The predicted octanol–water partition coefficient (Wildman–Crippen LogP) is 4.44. The summed E-state index contributed by atoms with van der Waals surface area (Å²) in [7, 11) is 0. The molecule has 2 aliphatic carbocycles. The molecule has 1 heterocycles. The van der Waals surface area contributed by atoms with Gasteiger partial charge in [0.05, 0.1) is 11.3 Å². The van der Waals surface area contributed by atoms with Crippen molar-refractivity contribution in [3.05, 3.63) is 82.9 Å². The van der Waals surface area contributed by atoms with Gasteiger partial charge in [0.1, 0.15) is 12.2 Å². The molecule has 27 heavy (non-hydrogen) atoms. The van der Waals surface area contributed by atoms with Crippen LogP contribution >= 0.6 is 11.6 Å². The highest BCUT2D eigenvalue weighted by molar-refractivity contribution is 6.30. The highest BCUT2D eigenvalue weighted by Gasteiger charge is 2.69. The van der Waals surface area contributed by atoms with E-state index < -0.39 is 11.2 Å². The van der Waals surface area contributed by atoms with Crippen molar-refractivity contribution in [1.82, 2.24) is 0 Å². The highest BCUT2D eigenvalue weighted by Crippen LogP contribution is 2.61. The molecule has 0 aromatic heterocycles. The maximum Gasteiger partial charge on any atom is 0.164 e. The van der Waals surface area contributed by atoms with Gasteiger partial charge < -0.3 is 9.47 Å². The van der Waals surface area contributed by atoms with Gasteiger partial charge in [0.2, 0.25) is 0 Å². The van der Waals surface area contributed by atoms with Crippen molar-refractivity contribution < 1.29 is 14.3 Å². The van der Waals surface area contributed by atoms with Crippen LogP contribution in [0, 0.1) is 11.8 Å². The highest BCUT2D eigenvalue weighted by atomic mass is 35.5. The minimum Gasteiger partial charge on any atom is -0.343 e. The van der Waals surface area contributed by atoms with Gasteiger partial charge >= 0.3 is 0 Å². The standard InChI is InChI=1S/C23H21ClO3/c1-22(2)26-19-17(24)13-16-18(20(19)27-22)21(25)23(16,14-9-5-3-6-10-14)15-11-7-4-8-12-15/h3-13,16,18-20H,1-2H3/t16?,18?,19-,20+/m1/s1. The molecule has 2 aromatic carbocycles. The van der Waals surface area contributed by atoms with Crippen LogP contribution in [0.3, 0.4) is 0 Å². The van der Waals surface area contributed by atoms with Crippen molar-refractivity contribution in [2.75, 3.05) is 0 Å². The Balaban J connectivity index is 1.68. The fraction of sp³-hybridized carbons (Fsp3) is 0.348. The van der Waals surface area contributed by atoms with Crippen LogP contribution in [0.4, 0.5) is 0 Å². The summed E-state index contributed by atoms with van der Waals surface area (Å²) in [6, 6.07) is 20.0. The van der Waals surface area contributed by atoms with Crippen LogP contribution in [0.1, 0.15) is 25.0 Å².